The highest BCUT2D eigenvalue weighted by atomic mass is 16.5. The van der Waals surface area contributed by atoms with Gasteiger partial charge in [0.05, 0.1) is 24.0 Å². The molecule has 0 aliphatic carbocycles. The zero-order valence-corrected chi connectivity index (χ0v) is 22.4. The number of hydrogen-bond acceptors (Lipinski definition) is 6. The van der Waals surface area contributed by atoms with Crippen LogP contribution in [0.4, 0.5) is 5.69 Å². The number of aliphatic hydroxyl groups excluding tert-OH is 1. The SMILES string of the molecule is CCCCCNC(=O)C1N(CCCO)C(=O)[C@@H]2[C@@H](C(=O)Nc3ccc(OCC)cc3)[C@]3(C)OC12CC3C. The van der Waals surface area contributed by atoms with Gasteiger partial charge in [0, 0.05) is 25.4 Å². The number of aliphatic hydroxyl groups is 1. The molecule has 3 N–H and O–H groups in total. The van der Waals surface area contributed by atoms with Crippen LogP contribution in [0.1, 0.15) is 59.8 Å². The molecule has 204 valence electrons. The monoisotopic (exact) mass is 515 g/mol. The standard InChI is InChI=1S/C28H41N3O6/c1-5-7-8-14-29-25(34)23-28-17-18(3)27(4,37-28)21(22(28)26(35)31(23)15-9-16-32)24(33)30-19-10-12-20(13-11-19)36-6-2/h10-13,18,21-23,32H,5-9,14-17H2,1-4H3,(H,29,34)(H,30,33)/t18?,21-,22-,23?,27+,28?/m0/s1. The molecule has 9 nitrogen and oxygen atoms in total. The fourth-order valence-corrected chi connectivity index (χ4v) is 6.63. The summed E-state index contributed by atoms with van der Waals surface area (Å²) >= 11 is 0. The van der Waals surface area contributed by atoms with Crippen molar-refractivity contribution < 1.29 is 29.0 Å². The Hall–Kier alpha value is -2.65. The molecule has 1 aromatic carbocycles. The van der Waals surface area contributed by atoms with Crippen LogP contribution in [0.25, 0.3) is 0 Å². The number of carbonyl (C=O) groups is 3. The molecule has 3 aliphatic heterocycles. The lowest BCUT2D eigenvalue weighted by Crippen LogP contribution is -2.56. The van der Waals surface area contributed by atoms with Gasteiger partial charge in [0.15, 0.2) is 0 Å². The van der Waals surface area contributed by atoms with Crippen molar-refractivity contribution in [3.8, 4) is 5.75 Å². The number of likely N-dealkylation sites (tertiary alicyclic amines) is 1. The summed E-state index contributed by atoms with van der Waals surface area (Å²) in [6.07, 6.45) is 3.78. The van der Waals surface area contributed by atoms with E-state index in [-0.39, 0.29) is 36.8 Å². The third-order valence-corrected chi connectivity index (χ3v) is 8.41. The summed E-state index contributed by atoms with van der Waals surface area (Å²) in [6, 6.07) is 6.30. The van der Waals surface area contributed by atoms with Gasteiger partial charge in [-0.3, -0.25) is 14.4 Å². The largest absolute Gasteiger partial charge is 0.494 e. The lowest BCUT2D eigenvalue weighted by atomic mass is 9.62. The van der Waals surface area contributed by atoms with E-state index in [9.17, 15) is 19.5 Å². The number of anilines is 1. The summed E-state index contributed by atoms with van der Waals surface area (Å²) in [7, 11) is 0. The molecule has 9 heteroatoms. The number of nitrogens with zero attached hydrogens (tertiary/aromatic N) is 1. The van der Waals surface area contributed by atoms with E-state index < -0.39 is 29.1 Å². The van der Waals surface area contributed by atoms with Crippen molar-refractivity contribution in [1.29, 1.82) is 0 Å². The highest BCUT2D eigenvalue weighted by molar-refractivity contribution is 6.02. The molecule has 3 fully saturated rings. The first kappa shape index (κ1) is 27.4. The number of benzene rings is 1. The summed E-state index contributed by atoms with van der Waals surface area (Å²) in [4.78, 5) is 42.8. The maximum absolute atomic E-state index is 13.9. The van der Waals surface area contributed by atoms with E-state index in [4.69, 9.17) is 9.47 Å². The van der Waals surface area contributed by atoms with Crippen LogP contribution >= 0.6 is 0 Å². The number of nitrogens with one attached hydrogen (secondary N) is 2. The highest BCUT2D eigenvalue weighted by Gasteiger charge is 2.79. The fourth-order valence-electron chi connectivity index (χ4n) is 6.63. The van der Waals surface area contributed by atoms with Crippen molar-refractivity contribution in [1.82, 2.24) is 10.2 Å². The molecule has 3 unspecified atom stereocenters. The summed E-state index contributed by atoms with van der Waals surface area (Å²) in [6.45, 7) is 9.15. The van der Waals surface area contributed by atoms with Crippen molar-refractivity contribution >= 4 is 23.4 Å². The number of rotatable bonds is 12. The van der Waals surface area contributed by atoms with Gasteiger partial charge in [-0.05, 0) is 63.3 Å². The Morgan fingerprint density at radius 3 is 2.54 bits per heavy atom. The molecule has 6 atom stereocenters. The Morgan fingerprint density at radius 1 is 1.16 bits per heavy atom. The van der Waals surface area contributed by atoms with Crippen LogP contribution in [0.3, 0.4) is 0 Å². The Morgan fingerprint density at radius 2 is 1.89 bits per heavy atom. The van der Waals surface area contributed by atoms with E-state index in [1.165, 1.54) is 0 Å². The van der Waals surface area contributed by atoms with E-state index in [1.807, 2.05) is 20.8 Å². The summed E-state index contributed by atoms with van der Waals surface area (Å²) in [5.74, 6) is -1.60. The van der Waals surface area contributed by atoms with E-state index in [0.29, 0.717) is 37.4 Å². The van der Waals surface area contributed by atoms with Crippen LogP contribution in [0.5, 0.6) is 5.75 Å². The minimum atomic E-state index is -1.07. The van der Waals surface area contributed by atoms with Crippen LogP contribution in [-0.2, 0) is 19.1 Å². The molecule has 3 heterocycles. The molecule has 4 rings (SSSR count). The minimum Gasteiger partial charge on any atom is -0.494 e. The topological polar surface area (TPSA) is 117 Å². The van der Waals surface area contributed by atoms with Gasteiger partial charge in [0.2, 0.25) is 17.7 Å². The predicted octanol–water partition coefficient (Wildman–Crippen LogP) is 2.72. The Bertz CT molecular complexity index is 1000. The van der Waals surface area contributed by atoms with Gasteiger partial charge in [0.1, 0.15) is 17.4 Å². The lowest BCUT2D eigenvalue weighted by molar-refractivity contribution is -0.146. The zero-order valence-electron chi connectivity index (χ0n) is 22.4. The van der Waals surface area contributed by atoms with Crippen LogP contribution < -0.4 is 15.4 Å². The molecule has 3 amide bonds. The lowest BCUT2D eigenvalue weighted by Gasteiger charge is -2.36. The third kappa shape index (κ3) is 4.72. The second-order valence-electron chi connectivity index (χ2n) is 10.8. The first-order chi connectivity index (χ1) is 17.7. The highest BCUT2D eigenvalue weighted by Crippen LogP contribution is 2.65. The molecule has 0 aromatic heterocycles. The predicted molar refractivity (Wildman–Crippen MR) is 139 cm³/mol. The van der Waals surface area contributed by atoms with Gasteiger partial charge in [-0.1, -0.05) is 26.7 Å². The summed E-state index contributed by atoms with van der Waals surface area (Å²) in [5, 5.41) is 15.5. The van der Waals surface area contributed by atoms with E-state index in [0.717, 1.165) is 19.3 Å². The van der Waals surface area contributed by atoms with Crippen LogP contribution in [0.2, 0.25) is 0 Å². The average molecular weight is 516 g/mol. The van der Waals surface area contributed by atoms with Crippen LogP contribution in [0.15, 0.2) is 24.3 Å². The number of carbonyl (C=O) groups excluding carboxylic acids is 3. The zero-order chi connectivity index (χ0) is 26.8. The molecular formula is C28H41N3O6. The maximum atomic E-state index is 13.9. The molecule has 0 saturated carbocycles. The van der Waals surface area contributed by atoms with Crippen molar-refractivity contribution in [2.75, 3.05) is 31.6 Å². The molecular weight excluding hydrogens is 474 g/mol. The molecule has 1 spiro atoms. The fraction of sp³-hybridized carbons (Fsp3) is 0.679. The van der Waals surface area contributed by atoms with Crippen molar-refractivity contribution in [3.05, 3.63) is 24.3 Å². The summed E-state index contributed by atoms with van der Waals surface area (Å²) in [5.41, 5.74) is -1.34. The molecule has 37 heavy (non-hydrogen) atoms. The Labute approximate surface area is 219 Å². The average Bonchev–Trinajstić information content (AvgIpc) is 3.38. The molecule has 0 radical (unpaired) electrons. The van der Waals surface area contributed by atoms with Gasteiger partial charge >= 0.3 is 0 Å². The number of hydrogen-bond donors (Lipinski definition) is 3. The first-order valence-corrected chi connectivity index (χ1v) is 13.7. The second kappa shape index (κ2) is 11.0. The molecule has 3 saturated heterocycles. The Balaban J connectivity index is 1.63. The molecule has 3 aliphatic rings. The van der Waals surface area contributed by atoms with E-state index >= 15 is 0 Å². The third-order valence-electron chi connectivity index (χ3n) is 8.41. The molecule has 2 bridgehead atoms. The second-order valence-corrected chi connectivity index (χ2v) is 10.8. The van der Waals surface area contributed by atoms with Crippen molar-refractivity contribution in [2.24, 2.45) is 17.8 Å². The smallest absolute Gasteiger partial charge is 0.245 e. The number of amides is 3. The van der Waals surface area contributed by atoms with Gasteiger partial charge in [0.25, 0.3) is 0 Å². The molecule has 1 aromatic rings. The van der Waals surface area contributed by atoms with Crippen molar-refractivity contribution in [3.63, 3.8) is 0 Å². The Kier molecular flexibility index (Phi) is 8.14. The van der Waals surface area contributed by atoms with E-state index in [1.54, 1.807) is 29.2 Å². The normalized spacial score (nSPS) is 31.9. The number of fused-ring (bicyclic) bond motifs is 1. The summed E-state index contributed by atoms with van der Waals surface area (Å²) < 4.78 is 12.2. The quantitative estimate of drug-likeness (QED) is 0.369. The number of unbranched alkanes of at least 4 members (excludes halogenated alkanes) is 2. The van der Waals surface area contributed by atoms with E-state index in [2.05, 4.69) is 17.6 Å². The first-order valence-electron chi connectivity index (χ1n) is 13.7. The van der Waals surface area contributed by atoms with Gasteiger partial charge in [-0.15, -0.1) is 0 Å². The van der Waals surface area contributed by atoms with Crippen LogP contribution in [0, 0.1) is 17.8 Å². The minimum absolute atomic E-state index is 0.0270. The van der Waals surface area contributed by atoms with Crippen LogP contribution in [-0.4, -0.2) is 71.3 Å². The van der Waals surface area contributed by atoms with Gasteiger partial charge < -0.3 is 30.1 Å². The number of ether oxygens (including phenoxy) is 2. The van der Waals surface area contributed by atoms with Gasteiger partial charge in [-0.25, -0.2) is 0 Å². The maximum Gasteiger partial charge on any atom is 0.245 e. The van der Waals surface area contributed by atoms with Crippen molar-refractivity contribution in [2.45, 2.75) is 77.0 Å². The van der Waals surface area contributed by atoms with Gasteiger partial charge in [-0.2, -0.15) is 0 Å².